The lowest BCUT2D eigenvalue weighted by Crippen LogP contribution is -2.43. The smallest absolute Gasteiger partial charge is 0.319 e. The molecule has 172 valence electrons. The Morgan fingerprint density at radius 2 is 2.06 bits per heavy atom. The molecule has 5 rings (SSSR count). The lowest BCUT2D eigenvalue weighted by molar-refractivity contribution is 0.155. The molecule has 0 spiro atoms. The van der Waals surface area contributed by atoms with Gasteiger partial charge in [0.25, 0.3) is 0 Å². The lowest BCUT2D eigenvalue weighted by Gasteiger charge is -2.33. The molecular weight excluding hydrogens is 488 g/mol. The van der Waals surface area contributed by atoms with Crippen LogP contribution in [-0.4, -0.2) is 74.7 Å². The zero-order chi connectivity index (χ0) is 23.3. The molecular formula is C22H25BrN8O2. The normalized spacial score (nSPS) is 14.8. The number of nitrogens with two attached hydrogens (primary N) is 1. The summed E-state index contributed by atoms with van der Waals surface area (Å²) in [5.74, 6) is 2.09. The van der Waals surface area contributed by atoms with Gasteiger partial charge in [0.05, 0.1) is 18.3 Å². The van der Waals surface area contributed by atoms with Gasteiger partial charge in [-0.3, -0.25) is 0 Å². The first-order valence-corrected chi connectivity index (χ1v) is 11.5. The molecule has 1 aliphatic rings. The number of piperidine rings is 1. The molecule has 1 saturated heterocycles. The van der Waals surface area contributed by atoms with Crippen molar-refractivity contribution in [1.29, 1.82) is 0 Å². The number of rotatable bonds is 3. The Kier molecular flexibility index (Phi) is 5.35. The predicted octanol–water partition coefficient (Wildman–Crippen LogP) is 3.49. The van der Waals surface area contributed by atoms with Crippen molar-refractivity contribution in [3.63, 3.8) is 0 Å². The van der Waals surface area contributed by atoms with Gasteiger partial charge < -0.3 is 25.3 Å². The topological polar surface area (TPSA) is 118 Å². The molecule has 1 aliphatic heterocycles. The SMILES string of the molecule is COc1ccc(Br)c2cc(-c3nc(C4CCN(C(=O)N(C)C)CC4)n4ncnc(N)c34)[nH]c12. The van der Waals surface area contributed by atoms with Gasteiger partial charge in [0, 0.05) is 43.0 Å². The van der Waals surface area contributed by atoms with Gasteiger partial charge in [0.2, 0.25) is 0 Å². The Morgan fingerprint density at radius 1 is 1.30 bits per heavy atom. The summed E-state index contributed by atoms with van der Waals surface area (Å²) in [7, 11) is 5.19. The fourth-order valence-electron chi connectivity index (χ4n) is 4.50. The van der Waals surface area contributed by atoms with Crippen LogP contribution in [0, 0.1) is 0 Å². The molecule has 2 amide bonds. The van der Waals surface area contributed by atoms with Crippen LogP contribution in [0.15, 0.2) is 29.0 Å². The minimum Gasteiger partial charge on any atom is -0.495 e. The highest BCUT2D eigenvalue weighted by Gasteiger charge is 2.30. The van der Waals surface area contributed by atoms with Crippen LogP contribution in [0.1, 0.15) is 24.6 Å². The zero-order valence-corrected chi connectivity index (χ0v) is 20.3. The standard InChI is InChI=1S/C22H25BrN8O2/c1-29(2)22(32)30-8-6-12(7-9-30)21-28-18(19-20(24)25-11-26-31(19)21)15-10-13-14(23)4-5-16(33-3)17(13)27-15/h4-5,10-12,27H,6-9H2,1-3H3,(H2,24,25,26). The summed E-state index contributed by atoms with van der Waals surface area (Å²) in [6.07, 6.45) is 3.05. The molecule has 1 fully saturated rings. The number of hydrogen-bond acceptors (Lipinski definition) is 6. The van der Waals surface area contributed by atoms with Gasteiger partial charge in [-0.05, 0) is 31.0 Å². The minimum absolute atomic E-state index is 0.0336. The Balaban J connectivity index is 1.58. The summed E-state index contributed by atoms with van der Waals surface area (Å²) in [5, 5.41) is 5.46. The van der Waals surface area contributed by atoms with Gasteiger partial charge in [-0.15, -0.1) is 0 Å². The summed E-state index contributed by atoms with van der Waals surface area (Å²) in [6, 6.07) is 5.92. The summed E-state index contributed by atoms with van der Waals surface area (Å²) in [5.41, 5.74) is 9.33. The number of amides is 2. The second kappa shape index (κ2) is 8.22. The number of ether oxygens (including phenoxy) is 1. The van der Waals surface area contributed by atoms with Gasteiger partial charge in [0.15, 0.2) is 5.82 Å². The van der Waals surface area contributed by atoms with Crippen molar-refractivity contribution in [3.05, 3.63) is 34.8 Å². The highest BCUT2D eigenvalue weighted by Crippen LogP contribution is 2.38. The van der Waals surface area contributed by atoms with Gasteiger partial charge in [0.1, 0.15) is 29.1 Å². The number of imidazole rings is 1. The molecule has 0 aliphatic carbocycles. The molecule has 33 heavy (non-hydrogen) atoms. The number of urea groups is 1. The molecule has 0 unspecified atom stereocenters. The Morgan fingerprint density at radius 3 is 2.76 bits per heavy atom. The van der Waals surface area contributed by atoms with Crippen LogP contribution in [0.3, 0.4) is 0 Å². The number of H-pyrrole nitrogens is 1. The van der Waals surface area contributed by atoms with E-state index in [1.165, 1.54) is 6.33 Å². The van der Waals surface area contributed by atoms with Gasteiger partial charge >= 0.3 is 6.03 Å². The fraction of sp³-hybridized carbons (Fsp3) is 0.364. The number of aromatic nitrogens is 5. The number of carbonyl (C=O) groups is 1. The summed E-state index contributed by atoms with van der Waals surface area (Å²) in [4.78, 5) is 28.5. The van der Waals surface area contributed by atoms with Gasteiger partial charge in [-0.1, -0.05) is 15.9 Å². The van der Waals surface area contributed by atoms with Crippen LogP contribution in [0.5, 0.6) is 5.75 Å². The number of halogens is 1. The van der Waals surface area contributed by atoms with Crippen LogP contribution < -0.4 is 10.5 Å². The lowest BCUT2D eigenvalue weighted by atomic mass is 9.96. The molecule has 0 radical (unpaired) electrons. The summed E-state index contributed by atoms with van der Waals surface area (Å²) >= 11 is 3.62. The van der Waals surface area contributed by atoms with E-state index in [0.29, 0.717) is 30.1 Å². The number of hydrogen-bond donors (Lipinski definition) is 2. The Labute approximate surface area is 198 Å². The molecule has 11 heteroatoms. The highest BCUT2D eigenvalue weighted by molar-refractivity contribution is 9.10. The van der Waals surface area contributed by atoms with E-state index in [0.717, 1.165) is 45.5 Å². The number of benzene rings is 1. The van der Waals surface area contributed by atoms with Crippen molar-refractivity contribution in [2.45, 2.75) is 18.8 Å². The average molecular weight is 513 g/mol. The zero-order valence-electron chi connectivity index (χ0n) is 18.7. The minimum atomic E-state index is 0.0336. The maximum absolute atomic E-state index is 12.3. The molecule has 0 saturated carbocycles. The first-order chi connectivity index (χ1) is 15.9. The first-order valence-electron chi connectivity index (χ1n) is 10.7. The maximum Gasteiger partial charge on any atom is 0.319 e. The number of nitrogens with zero attached hydrogens (tertiary/aromatic N) is 6. The van der Waals surface area contributed by atoms with Crippen molar-refractivity contribution in [2.24, 2.45) is 0 Å². The third kappa shape index (κ3) is 3.56. The van der Waals surface area contributed by atoms with E-state index in [9.17, 15) is 4.79 Å². The van der Waals surface area contributed by atoms with E-state index in [4.69, 9.17) is 15.5 Å². The number of likely N-dealkylation sites (tertiary alicyclic amines) is 1. The number of aromatic amines is 1. The molecule has 10 nitrogen and oxygen atoms in total. The first kappa shape index (κ1) is 21.5. The molecule has 3 N–H and O–H groups in total. The van der Waals surface area contributed by atoms with Crippen LogP contribution in [-0.2, 0) is 0 Å². The van der Waals surface area contributed by atoms with E-state index < -0.39 is 0 Å². The van der Waals surface area contributed by atoms with Crippen LogP contribution in [0.25, 0.3) is 27.8 Å². The molecule has 1 aromatic carbocycles. The van der Waals surface area contributed by atoms with E-state index in [2.05, 4.69) is 31.0 Å². The van der Waals surface area contributed by atoms with Crippen molar-refractivity contribution >= 4 is 44.2 Å². The van der Waals surface area contributed by atoms with Gasteiger partial charge in [-0.2, -0.15) is 5.10 Å². The number of nitrogens with one attached hydrogen (secondary N) is 1. The number of methoxy groups -OCH3 is 1. The Hall–Kier alpha value is -3.34. The van der Waals surface area contributed by atoms with E-state index >= 15 is 0 Å². The van der Waals surface area contributed by atoms with Crippen LogP contribution in [0.4, 0.5) is 10.6 Å². The molecule has 0 bridgehead atoms. The maximum atomic E-state index is 12.3. The van der Waals surface area contributed by atoms with E-state index in [1.54, 1.807) is 30.6 Å². The van der Waals surface area contributed by atoms with Crippen LogP contribution in [0.2, 0.25) is 0 Å². The highest BCUT2D eigenvalue weighted by atomic mass is 79.9. The number of carbonyl (C=O) groups excluding carboxylic acids is 1. The monoisotopic (exact) mass is 512 g/mol. The van der Waals surface area contributed by atoms with Crippen molar-refractivity contribution in [2.75, 3.05) is 40.0 Å². The number of anilines is 1. The molecule has 0 atom stereocenters. The van der Waals surface area contributed by atoms with E-state index in [1.807, 2.05) is 23.1 Å². The third-order valence-corrected chi connectivity index (χ3v) is 6.87. The fourth-order valence-corrected chi connectivity index (χ4v) is 4.94. The van der Waals surface area contributed by atoms with Gasteiger partial charge in [-0.25, -0.2) is 19.3 Å². The quantitative estimate of drug-likeness (QED) is 0.433. The van der Waals surface area contributed by atoms with E-state index in [-0.39, 0.29) is 11.9 Å². The van der Waals surface area contributed by atoms with Crippen molar-refractivity contribution < 1.29 is 9.53 Å². The second-order valence-corrected chi connectivity index (χ2v) is 9.24. The molecule has 4 heterocycles. The average Bonchev–Trinajstić information content (AvgIpc) is 3.43. The third-order valence-electron chi connectivity index (χ3n) is 6.18. The van der Waals surface area contributed by atoms with Crippen molar-refractivity contribution in [3.8, 4) is 17.1 Å². The molecule has 4 aromatic rings. The molecule has 3 aromatic heterocycles. The number of fused-ring (bicyclic) bond motifs is 2. The largest absolute Gasteiger partial charge is 0.495 e. The second-order valence-electron chi connectivity index (χ2n) is 8.38. The summed E-state index contributed by atoms with van der Waals surface area (Å²) in [6.45, 7) is 1.34. The summed E-state index contributed by atoms with van der Waals surface area (Å²) < 4.78 is 8.27. The predicted molar refractivity (Wildman–Crippen MR) is 129 cm³/mol. The Bertz CT molecular complexity index is 1350. The van der Waals surface area contributed by atoms with Crippen molar-refractivity contribution in [1.82, 2.24) is 34.4 Å². The number of nitrogen functional groups attached to an aromatic ring is 1. The van der Waals surface area contributed by atoms with Crippen LogP contribution >= 0.6 is 15.9 Å².